The molecule has 0 saturated heterocycles. The summed E-state index contributed by atoms with van der Waals surface area (Å²) in [4.78, 5) is 0. The van der Waals surface area contributed by atoms with Crippen LogP contribution in [0.15, 0.2) is 0 Å². The largest absolute Gasteiger partial charge is 0.267 e. The summed E-state index contributed by atoms with van der Waals surface area (Å²) < 4.78 is 2.08. The molecule has 2 nitrogen and oxygen atoms in total. The smallest absolute Gasteiger partial charge is 0.0640 e. The summed E-state index contributed by atoms with van der Waals surface area (Å²) >= 11 is 5.85. The zero-order chi connectivity index (χ0) is 10.0. The molecule has 0 aliphatic heterocycles. The molecular weight excluding hydrogens is 184 g/mol. The van der Waals surface area contributed by atoms with Gasteiger partial charge in [-0.3, -0.25) is 4.68 Å². The molecule has 1 aromatic heterocycles. The number of aryl methyl sites for hydroxylation is 1. The van der Waals surface area contributed by atoms with Gasteiger partial charge in [-0.1, -0.05) is 6.92 Å². The lowest BCUT2D eigenvalue weighted by atomic mass is 10.2. The van der Waals surface area contributed by atoms with Crippen LogP contribution in [-0.4, -0.2) is 9.78 Å². The van der Waals surface area contributed by atoms with E-state index in [4.69, 9.17) is 11.6 Å². The van der Waals surface area contributed by atoms with Gasteiger partial charge in [0.1, 0.15) is 0 Å². The van der Waals surface area contributed by atoms with E-state index >= 15 is 0 Å². The third-order valence-electron chi connectivity index (χ3n) is 2.62. The van der Waals surface area contributed by atoms with E-state index in [1.165, 1.54) is 11.3 Å². The van der Waals surface area contributed by atoms with E-state index in [1.807, 2.05) is 6.92 Å². The fourth-order valence-corrected chi connectivity index (χ4v) is 1.88. The number of aromatic nitrogens is 2. The quantitative estimate of drug-likeness (QED) is 0.686. The predicted octanol–water partition coefficient (Wildman–Crippen LogP) is 3.21. The Morgan fingerprint density at radius 2 is 2.08 bits per heavy atom. The van der Waals surface area contributed by atoms with Crippen molar-refractivity contribution in [2.75, 3.05) is 0 Å². The van der Waals surface area contributed by atoms with Gasteiger partial charge in [-0.15, -0.1) is 11.6 Å². The lowest BCUT2D eigenvalue weighted by Crippen LogP contribution is -2.07. The molecule has 1 heterocycles. The van der Waals surface area contributed by atoms with E-state index in [-0.39, 0.29) is 0 Å². The highest BCUT2D eigenvalue weighted by Gasteiger charge is 2.13. The molecule has 0 bridgehead atoms. The standard InChI is InChI=1S/C10H17ClN2/c1-5-7(2)13-9(4)10(6-11)8(3)12-13/h7H,5-6H2,1-4H3. The van der Waals surface area contributed by atoms with Crippen molar-refractivity contribution in [2.24, 2.45) is 0 Å². The van der Waals surface area contributed by atoms with Crippen molar-refractivity contribution in [3.63, 3.8) is 0 Å². The molecule has 1 unspecified atom stereocenters. The first kappa shape index (κ1) is 10.6. The maximum Gasteiger partial charge on any atom is 0.0640 e. The van der Waals surface area contributed by atoms with Crippen molar-refractivity contribution in [2.45, 2.75) is 46.0 Å². The number of nitrogens with zero attached hydrogens (tertiary/aromatic N) is 2. The van der Waals surface area contributed by atoms with Gasteiger partial charge in [0.2, 0.25) is 0 Å². The summed E-state index contributed by atoms with van der Waals surface area (Å²) in [5.74, 6) is 0.564. The zero-order valence-corrected chi connectivity index (χ0v) is 9.52. The first-order chi connectivity index (χ1) is 6.11. The van der Waals surface area contributed by atoms with Gasteiger partial charge in [0.25, 0.3) is 0 Å². The summed E-state index contributed by atoms with van der Waals surface area (Å²) in [6.07, 6.45) is 1.10. The van der Waals surface area contributed by atoms with Crippen molar-refractivity contribution >= 4 is 11.6 Å². The monoisotopic (exact) mass is 200 g/mol. The normalized spacial score (nSPS) is 13.3. The van der Waals surface area contributed by atoms with Crippen LogP contribution in [0, 0.1) is 13.8 Å². The molecule has 0 spiro atoms. The topological polar surface area (TPSA) is 17.8 Å². The van der Waals surface area contributed by atoms with Crippen LogP contribution in [-0.2, 0) is 5.88 Å². The summed E-state index contributed by atoms with van der Waals surface area (Å²) in [5, 5.41) is 4.48. The molecule has 0 radical (unpaired) electrons. The lowest BCUT2D eigenvalue weighted by molar-refractivity contribution is 0.465. The Morgan fingerprint density at radius 1 is 1.46 bits per heavy atom. The molecule has 0 saturated carbocycles. The SMILES string of the molecule is CCC(C)n1nc(C)c(CCl)c1C. The molecule has 1 rings (SSSR count). The van der Waals surface area contributed by atoms with E-state index < -0.39 is 0 Å². The fourth-order valence-electron chi connectivity index (χ4n) is 1.49. The second kappa shape index (κ2) is 4.14. The number of rotatable bonds is 3. The van der Waals surface area contributed by atoms with Gasteiger partial charge in [-0.25, -0.2) is 0 Å². The van der Waals surface area contributed by atoms with Crippen molar-refractivity contribution in [3.05, 3.63) is 17.0 Å². The molecule has 1 aromatic rings. The Bertz CT molecular complexity index is 291. The van der Waals surface area contributed by atoms with E-state index in [0.29, 0.717) is 11.9 Å². The minimum absolute atomic E-state index is 0.468. The van der Waals surface area contributed by atoms with Crippen molar-refractivity contribution < 1.29 is 0 Å². The highest BCUT2D eigenvalue weighted by atomic mass is 35.5. The Morgan fingerprint density at radius 3 is 2.46 bits per heavy atom. The van der Waals surface area contributed by atoms with Gasteiger partial charge in [-0.2, -0.15) is 5.10 Å². The van der Waals surface area contributed by atoms with Gasteiger partial charge in [0.05, 0.1) is 11.6 Å². The molecule has 0 aromatic carbocycles. The molecule has 74 valence electrons. The predicted molar refractivity (Wildman–Crippen MR) is 56.3 cm³/mol. The van der Waals surface area contributed by atoms with Crippen LogP contribution in [0.2, 0.25) is 0 Å². The van der Waals surface area contributed by atoms with Crippen molar-refractivity contribution in [1.29, 1.82) is 0 Å². The summed E-state index contributed by atoms with van der Waals surface area (Å²) in [7, 11) is 0. The van der Waals surface area contributed by atoms with Crippen LogP contribution in [0.5, 0.6) is 0 Å². The molecular formula is C10H17ClN2. The summed E-state index contributed by atoms with van der Waals surface area (Å²) in [5.41, 5.74) is 3.46. The number of alkyl halides is 1. The van der Waals surface area contributed by atoms with Gasteiger partial charge >= 0.3 is 0 Å². The van der Waals surface area contributed by atoms with Crippen LogP contribution in [0.4, 0.5) is 0 Å². The highest BCUT2D eigenvalue weighted by Crippen LogP contribution is 2.20. The van der Waals surface area contributed by atoms with Crippen molar-refractivity contribution in [3.8, 4) is 0 Å². The van der Waals surface area contributed by atoms with Gasteiger partial charge in [0, 0.05) is 17.3 Å². The van der Waals surface area contributed by atoms with Crippen LogP contribution >= 0.6 is 11.6 Å². The maximum atomic E-state index is 5.85. The fraction of sp³-hybridized carbons (Fsp3) is 0.700. The van der Waals surface area contributed by atoms with Crippen LogP contribution in [0.25, 0.3) is 0 Å². The first-order valence-electron chi connectivity index (χ1n) is 4.72. The Hall–Kier alpha value is -0.500. The molecule has 3 heteroatoms. The van der Waals surface area contributed by atoms with E-state index in [2.05, 4.69) is 30.6 Å². The van der Waals surface area contributed by atoms with Crippen LogP contribution in [0.3, 0.4) is 0 Å². The Balaban J connectivity index is 3.10. The molecule has 1 atom stereocenters. The third kappa shape index (κ3) is 1.88. The number of hydrogen-bond donors (Lipinski definition) is 0. The van der Waals surface area contributed by atoms with Gasteiger partial charge in [0.15, 0.2) is 0 Å². The molecule has 13 heavy (non-hydrogen) atoms. The number of hydrogen-bond acceptors (Lipinski definition) is 1. The van der Waals surface area contributed by atoms with E-state index in [1.54, 1.807) is 0 Å². The minimum atomic E-state index is 0.468. The third-order valence-corrected chi connectivity index (χ3v) is 2.88. The maximum absolute atomic E-state index is 5.85. The average Bonchev–Trinajstić information content (AvgIpc) is 2.40. The van der Waals surface area contributed by atoms with Crippen LogP contribution in [0.1, 0.15) is 43.3 Å². The summed E-state index contributed by atoms with van der Waals surface area (Å²) in [6, 6.07) is 0.468. The van der Waals surface area contributed by atoms with Crippen molar-refractivity contribution in [1.82, 2.24) is 9.78 Å². The molecule has 0 N–H and O–H groups in total. The van der Waals surface area contributed by atoms with Crippen LogP contribution < -0.4 is 0 Å². The van der Waals surface area contributed by atoms with E-state index in [0.717, 1.165) is 12.1 Å². The minimum Gasteiger partial charge on any atom is -0.267 e. The summed E-state index contributed by atoms with van der Waals surface area (Å²) in [6.45, 7) is 8.45. The molecule has 0 amide bonds. The van der Waals surface area contributed by atoms with E-state index in [9.17, 15) is 0 Å². The second-order valence-electron chi connectivity index (χ2n) is 3.48. The molecule has 0 aliphatic rings. The zero-order valence-electron chi connectivity index (χ0n) is 8.76. The number of halogens is 1. The van der Waals surface area contributed by atoms with Gasteiger partial charge < -0.3 is 0 Å². The Kier molecular flexibility index (Phi) is 3.37. The second-order valence-corrected chi connectivity index (χ2v) is 3.75. The average molecular weight is 201 g/mol. The highest BCUT2D eigenvalue weighted by molar-refractivity contribution is 6.17. The first-order valence-corrected chi connectivity index (χ1v) is 5.25. The molecule has 0 fully saturated rings. The molecule has 0 aliphatic carbocycles. The van der Waals surface area contributed by atoms with Gasteiger partial charge in [-0.05, 0) is 27.2 Å². The Labute approximate surface area is 84.9 Å². The lowest BCUT2D eigenvalue weighted by Gasteiger charge is -2.11.